The van der Waals surface area contributed by atoms with Crippen LogP contribution >= 0.6 is 0 Å². The third kappa shape index (κ3) is 25.8. The number of hydrogen-bond acceptors (Lipinski definition) is 30. The van der Waals surface area contributed by atoms with Gasteiger partial charge in [-0.2, -0.15) is 167 Å². The Balaban J connectivity index is 0.000000188. The molecule has 0 saturated heterocycles. The van der Waals surface area contributed by atoms with E-state index in [-0.39, 0.29) is 120 Å². The highest BCUT2D eigenvalue weighted by Crippen LogP contribution is 2.52. The molecular weight excluding hydrogens is 1840 g/mol. The summed E-state index contributed by atoms with van der Waals surface area (Å²) < 4.78 is 286. The lowest BCUT2D eigenvalue weighted by Gasteiger charge is -2.15. The van der Waals surface area contributed by atoms with E-state index >= 15 is 0 Å². The van der Waals surface area contributed by atoms with Gasteiger partial charge in [-0.25, -0.2) is 24.9 Å². The summed E-state index contributed by atoms with van der Waals surface area (Å²) in [7, 11) is 3.66. The van der Waals surface area contributed by atoms with Gasteiger partial charge in [0.2, 0.25) is 35.6 Å². The van der Waals surface area contributed by atoms with Crippen LogP contribution in [0.5, 0.6) is 5.88 Å². The normalized spacial score (nSPS) is 13.9. The molecule has 59 heteroatoms. The zero-order valence-corrected chi connectivity index (χ0v) is 72.0. The second-order valence-electron chi connectivity index (χ2n) is 29.6. The number of amides is 3. The number of nitrogens with zero attached hydrogens (tertiary/aromatic N) is 22. The van der Waals surface area contributed by atoms with E-state index in [4.69, 9.17) is 15.3 Å². The largest absolute Gasteiger partial charge is 0.477 e. The molecule has 724 valence electrons. The molecule has 10 aromatic rings. The van der Waals surface area contributed by atoms with Crippen LogP contribution in [0.4, 0.5) is 174 Å². The van der Waals surface area contributed by atoms with Gasteiger partial charge in [0.15, 0.2) is 0 Å². The summed E-state index contributed by atoms with van der Waals surface area (Å²) in [6, 6.07) is -7.79. The highest BCUT2D eigenvalue weighted by molar-refractivity contribution is 5.82. The first-order valence-electron chi connectivity index (χ1n) is 39.5. The van der Waals surface area contributed by atoms with Gasteiger partial charge in [0.25, 0.3) is 0 Å². The van der Waals surface area contributed by atoms with Crippen molar-refractivity contribution in [2.45, 2.75) is 175 Å². The van der Waals surface area contributed by atoms with Crippen molar-refractivity contribution in [2.75, 3.05) is 88.7 Å². The van der Waals surface area contributed by atoms with Gasteiger partial charge in [-0.1, -0.05) is 0 Å². The first kappa shape index (κ1) is 103. The summed E-state index contributed by atoms with van der Waals surface area (Å²) in [4.78, 5) is 70.8. The lowest BCUT2D eigenvalue weighted by atomic mass is 10.0. The van der Waals surface area contributed by atoms with Crippen molar-refractivity contribution in [3.05, 3.63) is 118 Å². The van der Waals surface area contributed by atoms with Crippen molar-refractivity contribution in [1.82, 2.24) is 109 Å². The van der Waals surface area contributed by atoms with Gasteiger partial charge < -0.3 is 69.0 Å². The van der Waals surface area contributed by atoms with Gasteiger partial charge in [-0.3, -0.25) is 23.7 Å². The minimum Gasteiger partial charge on any atom is -0.477 e. The summed E-state index contributed by atoms with van der Waals surface area (Å²) in [6.45, 7) is 14.2. The molecule has 3 fully saturated rings. The molecule has 0 unspecified atom stereocenters. The lowest BCUT2D eigenvalue weighted by molar-refractivity contribution is -0.163. The molecule has 10 aromatic heterocycles. The number of hydrogen-bond donors (Lipinski definition) is 12. The molecule has 0 bridgehead atoms. The number of rotatable bonds is 31. The fourth-order valence-corrected chi connectivity index (χ4v) is 11.8. The van der Waals surface area contributed by atoms with Crippen LogP contribution in [0.15, 0.2) is 62.0 Å². The Bertz CT molecular complexity index is 5890. The second-order valence-corrected chi connectivity index (χ2v) is 29.6. The van der Waals surface area contributed by atoms with Crippen LogP contribution in [0.1, 0.15) is 128 Å². The number of nitrogens with one attached hydrogen (secondary N) is 11. The van der Waals surface area contributed by atoms with Crippen LogP contribution in [0, 0.1) is 68.1 Å². The molecule has 3 amide bonds. The Morgan fingerprint density at radius 3 is 1.04 bits per heavy atom. The van der Waals surface area contributed by atoms with Gasteiger partial charge in [0.05, 0.1) is 107 Å². The monoisotopic (exact) mass is 1920 g/mol. The quantitative estimate of drug-likeness (QED) is 0.0180. The topological polar surface area (TPSA) is 484 Å². The fourth-order valence-electron chi connectivity index (χ4n) is 11.8. The smallest absolute Gasteiger partial charge is 0.423 e. The summed E-state index contributed by atoms with van der Waals surface area (Å²) in [5.74, 6) is -7.95. The van der Waals surface area contributed by atoms with E-state index in [0.717, 1.165) is 75.1 Å². The van der Waals surface area contributed by atoms with E-state index in [1.165, 1.54) is 41.8 Å². The number of carbonyl (C=O) groups excluding carboxylic acids is 3. The van der Waals surface area contributed by atoms with E-state index in [0.29, 0.717) is 75.3 Å². The minimum absolute atomic E-state index is 0.00427. The highest BCUT2D eigenvalue weighted by atomic mass is 19.4. The molecule has 134 heavy (non-hydrogen) atoms. The number of aryl methyl sites for hydroxylation is 3. The Morgan fingerprint density at radius 1 is 0.440 bits per heavy atom. The van der Waals surface area contributed by atoms with Crippen LogP contribution < -0.4 is 69.0 Å². The number of nitriles is 2. The molecule has 0 spiro atoms. The van der Waals surface area contributed by atoms with E-state index in [9.17, 15) is 107 Å². The standard InChI is InChI=1S/C17H20F3N7.C16H18F5N7O.C16H18F3N7.C13H14F5N7O.C13H13F5N6O2/c1-3-22-14-12(17(18,19)20)8-23-15(26-14)25-13-9-24-27(11(13)2)10-16(4-5-16)6-7-21;1-3-22-12-10(15(17,18)19)6-23-14(26-12)25-11-7-28(27-8(11)2)16(20,21)13(29)24-9-4-5-9;1-10-12(8-23-26(10)9-15(3-4-15)5-6-20)24-14-22-7-11(16(17,18)19)13(21-2)25-14;1-6-8(5-25(24-6)13(17,18)10(26)20-3)22-11-21-4-7(12(14,15)16)9(19-2)23-11;1-3-26-9-7(12(14,15)16)4-20-11(22-9)21-8-5-24(23-6(8)2)13(17,18)10(19)25/h8-9H,3-6,10H2,1-2H3,(H2,22,23,25,26);6-7,9H,3-5H2,1-2H3,(H,24,29)(H2,22,23,25,26);7-8H,3-5,9H2,1-2H3,(H2,21,22,24,25);4-5H,1-3H3,(H,20,26)(H2,19,21,22,23);4-5H,3H2,1-2H3,(H2,19,25)(H,20,21,22). The van der Waals surface area contributed by atoms with Gasteiger partial charge in [-0.15, -0.1) is 0 Å². The van der Waals surface area contributed by atoms with Crippen LogP contribution in [-0.4, -0.2) is 163 Å². The molecule has 0 atom stereocenters. The Morgan fingerprint density at radius 2 is 0.746 bits per heavy atom. The zero-order valence-electron chi connectivity index (χ0n) is 72.0. The summed E-state index contributed by atoms with van der Waals surface area (Å²) in [5.41, 5.74) is 2.39. The third-order valence-corrected chi connectivity index (χ3v) is 19.7. The number of anilines is 14. The number of aromatic nitrogens is 20. The van der Waals surface area contributed by atoms with Gasteiger partial charge in [0, 0.05) is 108 Å². The maximum Gasteiger partial charge on any atom is 0.423 e. The maximum absolute atomic E-state index is 14.3. The first-order valence-corrected chi connectivity index (χ1v) is 39.5. The minimum atomic E-state index is -4.73. The van der Waals surface area contributed by atoms with Crippen LogP contribution in [0.2, 0.25) is 0 Å². The fraction of sp³-hybridized carbons (Fsp3) is 0.467. The van der Waals surface area contributed by atoms with Crippen LogP contribution in [-0.2, 0) is 76.5 Å². The average Bonchev–Trinajstić information content (AvgIpc) is 1.60. The highest BCUT2D eigenvalue weighted by Gasteiger charge is 2.49. The van der Waals surface area contributed by atoms with Crippen molar-refractivity contribution in [2.24, 2.45) is 16.6 Å². The van der Waals surface area contributed by atoms with Crippen molar-refractivity contribution >= 4 is 99.2 Å². The Kier molecular flexibility index (Phi) is 31.6. The van der Waals surface area contributed by atoms with Crippen LogP contribution in [0.25, 0.3) is 0 Å². The Hall–Kier alpha value is -14.6. The molecule has 13 rings (SSSR count). The Labute approximate surface area is 744 Å². The van der Waals surface area contributed by atoms with Crippen molar-refractivity contribution < 1.29 is 111 Å². The predicted molar refractivity (Wildman–Crippen MR) is 434 cm³/mol. The lowest BCUT2D eigenvalue weighted by Crippen LogP contribution is -2.43. The second kappa shape index (κ2) is 41.0. The predicted octanol–water partition coefficient (Wildman–Crippen LogP) is 14.6. The summed E-state index contributed by atoms with van der Waals surface area (Å²) in [6.07, 6.45) is -8.09. The molecule has 10 heterocycles. The third-order valence-electron chi connectivity index (χ3n) is 19.7. The van der Waals surface area contributed by atoms with E-state index in [1.807, 2.05) is 23.8 Å². The number of carbonyl (C=O) groups is 3. The van der Waals surface area contributed by atoms with Crippen molar-refractivity contribution in [3.63, 3.8) is 0 Å². The van der Waals surface area contributed by atoms with Gasteiger partial charge in [0.1, 0.15) is 51.1 Å². The number of alkyl halides is 21. The molecule has 0 radical (unpaired) electrons. The molecule has 3 aliphatic carbocycles. The van der Waals surface area contributed by atoms with Gasteiger partial charge in [-0.05, 0) is 93.9 Å². The molecule has 0 aromatic carbocycles. The molecule has 3 aliphatic rings. The molecular formula is C75H83F21N34O4. The molecule has 13 N–H and O–H groups in total. The number of ether oxygens (including phenoxy) is 1. The molecule has 3 saturated carbocycles. The number of likely N-dealkylation sites (N-methyl/N-ethyl adjacent to an activating group) is 1. The van der Waals surface area contributed by atoms with Crippen molar-refractivity contribution in [1.29, 1.82) is 10.5 Å². The van der Waals surface area contributed by atoms with E-state index in [1.54, 1.807) is 30.9 Å². The van der Waals surface area contributed by atoms with E-state index < -0.39 is 112 Å². The maximum atomic E-state index is 14.3. The number of primary amides is 1. The zero-order chi connectivity index (χ0) is 99.4. The van der Waals surface area contributed by atoms with Crippen molar-refractivity contribution in [3.8, 4) is 18.0 Å². The average molecular weight is 1920 g/mol. The molecule has 0 aliphatic heterocycles. The van der Waals surface area contributed by atoms with Gasteiger partial charge >= 0.3 is 66.7 Å². The summed E-state index contributed by atoms with van der Waals surface area (Å²) in [5, 5.41) is 64.3. The number of nitrogens with two attached hydrogens (primary N) is 1. The van der Waals surface area contributed by atoms with Crippen LogP contribution in [0.3, 0.4) is 0 Å². The number of halogens is 21. The van der Waals surface area contributed by atoms with E-state index in [2.05, 4.69) is 146 Å². The SMILES string of the molecule is CCNc1nc(Nc2cn(C(F)(F)C(=O)NC3CC3)nc2C)ncc1C(F)(F)F.CCNc1nc(Nc2cnn(CC3(CC#N)CC3)c2C)ncc1C(F)(F)F.CCOc1nc(Nc2cn(C(F)(F)C(N)=O)nc2C)ncc1C(F)(F)F.CNC(=O)C(F)(F)n1cc(Nc2ncc(C(F)(F)F)c(NC)n2)c(C)n1.CNc1nc(Nc2cnn(CC3(CC#N)CC3)c2C)ncc1C(F)(F)F. The molecule has 38 nitrogen and oxygen atoms in total. The first-order chi connectivity index (χ1) is 62.5. The summed E-state index contributed by atoms with van der Waals surface area (Å²) >= 11 is 0.